The summed E-state index contributed by atoms with van der Waals surface area (Å²) >= 11 is 0. The van der Waals surface area contributed by atoms with Gasteiger partial charge in [-0.15, -0.1) is 0 Å². The monoisotopic (exact) mass is 192 g/mol. The van der Waals surface area contributed by atoms with Crippen LogP contribution in [0, 0.1) is 0 Å². The van der Waals surface area contributed by atoms with Crippen LogP contribution in [-0.4, -0.2) is 28.4 Å². The summed E-state index contributed by atoms with van der Waals surface area (Å²) in [5.41, 5.74) is 1.87. The minimum atomic E-state index is 0.0801. The van der Waals surface area contributed by atoms with E-state index in [1.807, 2.05) is 28.8 Å². The zero-order chi connectivity index (χ0) is 9.97. The van der Waals surface area contributed by atoms with Crippen LogP contribution in [0.1, 0.15) is 0 Å². The van der Waals surface area contributed by atoms with E-state index in [0.29, 0.717) is 12.6 Å². The number of rotatable bonds is 3. The Hall–Kier alpha value is -1.55. The molecule has 0 aliphatic heterocycles. The molecule has 74 valence electrons. The van der Waals surface area contributed by atoms with E-state index in [0.717, 1.165) is 11.0 Å². The van der Waals surface area contributed by atoms with Gasteiger partial charge in [0.05, 0.1) is 31.3 Å². The fraction of sp³-hybridized carbons (Fsp3) is 0.300. The minimum absolute atomic E-state index is 0.0801. The number of fused-ring (bicyclic) bond motifs is 1. The number of nitrogens with zero attached hydrogens (tertiary/aromatic N) is 2. The molecule has 0 amide bonds. The lowest BCUT2D eigenvalue weighted by Gasteiger charge is -2.04. The van der Waals surface area contributed by atoms with Gasteiger partial charge in [-0.1, -0.05) is 12.1 Å². The molecular formula is C10H12N2O2. The van der Waals surface area contributed by atoms with E-state index in [4.69, 9.17) is 9.84 Å². The molecule has 0 aliphatic rings. The number of benzene rings is 1. The standard InChI is InChI=1S/C10H12N2O2/c1-14-10-11-8-4-2-3-5-9(8)12(10)6-7-13/h2-5,13H,6-7H2,1H3. The van der Waals surface area contributed by atoms with E-state index in [1.165, 1.54) is 0 Å². The highest BCUT2D eigenvalue weighted by Gasteiger charge is 2.08. The summed E-state index contributed by atoms with van der Waals surface area (Å²) in [5, 5.41) is 8.91. The molecule has 0 bridgehead atoms. The fourth-order valence-electron chi connectivity index (χ4n) is 1.53. The second-order valence-electron chi connectivity index (χ2n) is 2.96. The van der Waals surface area contributed by atoms with Crippen molar-refractivity contribution in [3.63, 3.8) is 0 Å². The smallest absolute Gasteiger partial charge is 0.297 e. The number of aliphatic hydroxyl groups is 1. The number of hydrogen-bond acceptors (Lipinski definition) is 3. The maximum absolute atomic E-state index is 8.91. The van der Waals surface area contributed by atoms with Gasteiger partial charge in [-0.3, -0.25) is 4.57 Å². The Kier molecular flexibility index (Phi) is 2.37. The highest BCUT2D eigenvalue weighted by atomic mass is 16.5. The van der Waals surface area contributed by atoms with Crippen molar-refractivity contribution >= 4 is 11.0 Å². The Morgan fingerprint density at radius 2 is 2.21 bits per heavy atom. The maximum Gasteiger partial charge on any atom is 0.297 e. The molecule has 0 atom stereocenters. The van der Waals surface area contributed by atoms with Crippen molar-refractivity contribution in [2.24, 2.45) is 0 Å². The van der Waals surface area contributed by atoms with Gasteiger partial charge in [0, 0.05) is 0 Å². The van der Waals surface area contributed by atoms with Crippen LogP contribution in [0.3, 0.4) is 0 Å². The predicted molar refractivity (Wildman–Crippen MR) is 53.4 cm³/mol. The highest BCUT2D eigenvalue weighted by Crippen LogP contribution is 2.20. The van der Waals surface area contributed by atoms with Crippen molar-refractivity contribution in [3.8, 4) is 6.01 Å². The third kappa shape index (κ3) is 1.33. The number of hydrogen-bond donors (Lipinski definition) is 1. The van der Waals surface area contributed by atoms with Crippen molar-refractivity contribution in [3.05, 3.63) is 24.3 Å². The molecule has 1 aromatic heterocycles. The van der Waals surface area contributed by atoms with Crippen LogP contribution in [0.4, 0.5) is 0 Å². The number of para-hydroxylation sites is 2. The Balaban J connectivity index is 2.61. The van der Waals surface area contributed by atoms with E-state index >= 15 is 0 Å². The van der Waals surface area contributed by atoms with Gasteiger partial charge in [0.2, 0.25) is 0 Å². The first kappa shape index (κ1) is 9.02. The van der Waals surface area contributed by atoms with Gasteiger partial charge in [0.25, 0.3) is 6.01 Å². The third-order valence-electron chi connectivity index (χ3n) is 2.13. The summed E-state index contributed by atoms with van der Waals surface area (Å²) in [6.45, 7) is 0.584. The van der Waals surface area contributed by atoms with Crippen LogP contribution in [0.2, 0.25) is 0 Å². The van der Waals surface area contributed by atoms with Crippen molar-refractivity contribution < 1.29 is 9.84 Å². The molecule has 1 aromatic carbocycles. The third-order valence-corrected chi connectivity index (χ3v) is 2.13. The predicted octanol–water partition coefficient (Wildman–Crippen LogP) is 1.04. The first-order valence-electron chi connectivity index (χ1n) is 4.47. The van der Waals surface area contributed by atoms with Gasteiger partial charge in [0.1, 0.15) is 0 Å². The Labute approximate surface area is 81.8 Å². The van der Waals surface area contributed by atoms with Crippen molar-refractivity contribution in [1.29, 1.82) is 0 Å². The minimum Gasteiger partial charge on any atom is -0.468 e. The van der Waals surface area contributed by atoms with Crippen molar-refractivity contribution in [1.82, 2.24) is 9.55 Å². The van der Waals surface area contributed by atoms with Crippen LogP contribution in [0.25, 0.3) is 11.0 Å². The SMILES string of the molecule is COc1nc2ccccc2n1CCO. The van der Waals surface area contributed by atoms with Crippen LogP contribution >= 0.6 is 0 Å². The molecule has 0 aliphatic carbocycles. The number of methoxy groups -OCH3 is 1. The first-order chi connectivity index (χ1) is 6.86. The number of ether oxygens (including phenoxy) is 1. The van der Waals surface area contributed by atoms with Crippen LogP contribution in [0.5, 0.6) is 6.01 Å². The molecule has 0 fully saturated rings. The molecule has 0 unspecified atom stereocenters. The van der Waals surface area contributed by atoms with Gasteiger partial charge in [-0.25, -0.2) is 0 Å². The molecule has 2 rings (SSSR count). The number of imidazole rings is 1. The molecule has 4 nitrogen and oxygen atoms in total. The van der Waals surface area contributed by atoms with E-state index in [9.17, 15) is 0 Å². The largest absolute Gasteiger partial charge is 0.468 e. The normalized spacial score (nSPS) is 10.7. The molecule has 0 radical (unpaired) electrons. The zero-order valence-electron chi connectivity index (χ0n) is 7.97. The van der Waals surface area contributed by atoms with Gasteiger partial charge in [0.15, 0.2) is 0 Å². The Morgan fingerprint density at radius 3 is 2.93 bits per heavy atom. The average molecular weight is 192 g/mol. The van der Waals surface area contributed by atoms with Gasteiger partial charge in [-0.2, -0.15) is 4.98 Å². The van der Waals surface area contributed by atoms with E-state index in [-0.39, 0.29) is 6.61 Å². The van der Waals surface area contributed by atoms with E-state index in [2.05, 4.69) is 4.98 Å². The average Bonchev–Trinajstić information content (AvgIpc) is 2.58. The lowest BCUT2D eigenvalue weighted by Crippen LogP contribution is -2.04. The van der Waals surface area contributed by atoms with Gasteiger partial charge < -0.3 is 9.84 Å². The molecular weight excluding hydrogens is 180 g/mol. The summed E-state index contributed by atoms with van der Waals surface area (Å²) in [6, 6.07) is 8.29. The van der Waals surface area contributed by atoms with Crippen molar-refractivity contribution in [2.45, 2.75) is 6.54 Å². The van der Waals surface area contributed by atoms with Crippen LogP contribution in [-0.2, 0) is 6.54 Å². The molecule has 4 heteroatoms. The van der Waals surface area contributed by atoms with Crippen LogP contribution < -0.4 is 4.74 Å². The Morgan fingerprint density at radius 1 is 1.43 bits per heavy atom. The second-order valence-corrected chi connectivity index (χ2v) is 2.96. The summed E-state index contributed by atoms with van der Waals surface area (Å²) < 4.78 is 6.98. The van der Waals surface area contributed by atoms with E-state index < -0.39 is 0 Å². The number of aliphatic hydroxyl groups excluding tert-OH is 1. The number of aromatic nitrogens is 2. The molecule has 0 spiro atoms. The van der Waals surface area contributed by atoms with Crippen molar-refractivity contribution in [2.75, 3.05) is 13.7 Å². The fourth-order valence-corrected chi connectivity index (χ4v) is 1.53. The summed E-state index contributed by atoms with van der Waals surface area (Å²) in [5.74, 6) is 0. The summed E-state index contributed by atoms with van der Waals surface area (Å²) in [4.78, 5) is 4.28. The highest BCUT2D eigenvalue weighted by molar-refractivity contribution is 5.76. The molecule has 1 N–H and O–H groups in total. The molecule has 0 saturated heterocycles. The zero-order valence-corrected chi connectivity index (χ0v) is 7.97. The topological polar surface area (TPSA) is 47.3 Å². The second kappa shape index (κ2) is 3.67. The van der Waals surface area contributed by atoms with Crippen LogP contribution in [0.15, 0.2) is 24.3 Å². The van der Waals surface area contributed by atoms with Gasteiger partial charge >= 0.3 is 0 Å². The molecule has 0 saturated carbocycles. The molecule has 1 heterocycles. The quantitative estimate of drug-likeness (QED) is 0.790. The maximum atomic E-state index is 8.91. The molecule has 2 aromatic rings. The Bertz CT molecular complexity index is 437. The van der Waals surface area contributed by atoms with Gasteiger partial charge in [-0.05, 0) is 12.1 Å². The molecule has 14 heavy (non-hydrogen) atoms. The summed E-state index contributed by atoms with van der Waals surface area (Å²) in [7, 11) is 1.58. The lowest BCUT2D eigenvalue weighted by molar-refractivity contribution is 0.265. The first-order valence-corrected chi connectivity index (χ1v) is 4.47. The lowest BCUT2D eigenvalue weighted by atomic mass is 10.3. The van der Waals surface area contributed by atoms with E-state index in [1.54, 1.807) is 7.11 Å². The summed E-state index contributed by atoms with van der Waals surface area (Å²) in [6.07, 6.45) is 0.